The van der Waals surface area contributed by atoms with Crippen molar-refractivity contribution in [2.75, 3.05) is 25.0 Å². The molecule has 4 rings (SSSR count). The first-order valence-electron chi connectivity index (χ1n) is 10.7. The first-order valence-corrected chi connectivity index (χ1v) is 10.7. The molecular formula is C23H27N5O3. The fraction of sp³-hybridized carbons (Fsp3) is 0.391. The van der Waals surface area contributed by atoms with E-state index < -0.39 is 11.2 Å². The summed E-state index contributed by atoms with van der Waals surface area (Å²) >= 11 is 0. The van der Waals surface area contributed by atoms with E-state index in [4.69, 9.17) is 0 Å². The Balaban J connectivity index is 1.63. The van der Waals surface area contributed by atoms with E-state index in [0.717, 1.165) is 30.8 Å². The van der Waals surface area contributed by atoms with Crippen molar-refractivity contribution < 1.29 is 4.79 Å². The van der Waals surface area contributed by atoms with Crippen molar-refractivity contribution in [1.29, 1.82) is 0 Å². The molecule has 1 N–H and O–H groups in total. The lowest BCUT2D eigenvalue weighted by Crippen LogP contribution is -2.32. The number of nitrogens with one attached hydrogen (secondary N) is 1. The number of pyridine rings is 1. The molecule has 0 spiro atoms. The smallest absolute Gasteiger partial charge is 0.329 e. The Morgan fingerprint density at radius 2 is 1.94 bits per heavy atom. The number of H-pyrrole nitrogens is 1. The molecule has 1 saturated heterocycles. The van der Waals surface area contributed by atoms with Gasteiger partial charge < -0.3 is 9.80 Å². The molecule has 1 aromatic carbocycles. The highest BCUT2D eigenvalue weighted by molar-refractivity contribution is 5.96. The maximum atomic E-state index is 13.1. The first kappa shape index (κ1) is 20.8. The predicted octanol–water partition coefficient (Wildman–Crippen LogP) is 2.37. The normalized spacial score (nSPS) is 13.7. The van der Waals surface area contributed by atoms with E-state index in [9.17, 15) is 14.4 Å². The van der Waals surface area contributed by atoms with E-state index in [1.54, 1.807) is 11.9 Å². The number of fused-ring (bicyclic) bond motifs is 1. The third kappa shape index (κ3) is 4.10. The summed E-state index contributed by atoms with van der Waals surface area (Å²) in [5.41, 5.74) is 1.85. The zero-order chi connectivity index (χ0) is 22.0. The summed E-state index contributed by atoms with van der Waals surface area (Å²) in [7, 11) is 1.75. The second-order valence-corrected chi connectivity index (χ2v) is 7.99. The fourth-order valence-electron chi connectivity index (χ4n) is 4.17. The van der Waals surface area contributed by atoms with E-state index in [2.05, 4.69) is 20.9 Å². The molecule has 1 aliphatic heterocycles. The lowest BCUT2D eigenvalue weighted by Gasteiger charge is -2.24. The highest BCUT2D eigenvalue weighted by Gasteiger charge is 2.19. The molecule has 0 saturated carbocycles. The highest BCUT2D eigenvalue weighted by Crippen LogP contribution is 2.25. The van der Waals surface area contributed by atoms with Gasteiger partial charge in [0, 0.05) is 45.1 Å². The molecular weight excluding hydrogens is 394 g/mol. The number of para-hydroxylation sites is 1. The fourth-order valence-corrected chi connectivity index (χ4v) is 4.17. The molecule has 0 bridgehead atoms. The molecule has 31 heavy (non-hydrogen) atoms. The third-order valence-electron chi connectivity index (χ3n) is 5.72. The minimum atomic E-state index is -0.531. The van der Waals surface area contributed by atoms with Crippen molar-refractivity contribution in [3.63, 3.8) is 0 Å². The molecule has 2 aromatic heterocycles. The molecule has 8 heteroatoms. The molecule has 0 radical (unpaired) electrons. The summed E-state index contributed by atoms with van der Waals surface area (Å²) in [5, 5.41) is 0.241. The molecule has 3 aromatic rings. The van der Waals surface area contributed by atoms with Crippen LogP contribution in [0.4, 0.5) is 5.69 Å². The second kappa shape index (κ2) is 8.75. The summed E-state index contributed by atoms with van der Waals surface area (Å²) in [5.74, 6) is -0.224. The number of hydrogen-bond acceptors (Lipinski definition) is 5. The van der Waals surface area contributed by atoms with Gasteiger partial charge in [-0.15, -0.1) is 0 Å². The Bertz CT molecular complexity index is 1220. The number of aromatic amines is 1. The summed E-state index contributed by atoms with van der Waals surface area (Å²) in [6.07, 6.45) is 4.54. The number of amides is 1. The average Bonchev–Trinajstić information content (AvgIpc) is 3.31. The van der Waals surface area contributed by atoms with Crippen LogP contribution in [0.5, 0.6) is 0 Å². The lowest BCUT2D eigenvalue weighted by molar-refractivity contribution is 0.0785. The van der Waals surface area contributed by atoms with Gasteiger partial charge in [-0.3, -0.25) is 19.1 Å². The van der Waals surface area contributed by atoms with Gasteiger partial charge in [-0.25, -0.2) is 9.78 Å². The van der Waals surface area contributed by atoms with Gasteiger partial charge in [0.15, 0.2) is 0 Å². The minimum Gasteiger partial charge on any atom is -0.371 e. The number of benzene rings is 1. The standard InChI is InChI=1S/C23H27N5O3/c1-3-10-28-20-18(21(29)25-23(28)31)13-17(14-24-20)22(30)26(2)15-16-8-4-5-9-19(16)27-11-6-7-12-27/h4-5,8-9,13-14H,3,6-7,10-12,15H2,1-2H3,(H,25,29,31). The van der Waals surface area contributed by atoms with Crippen LogP contribution < -0.4 is 16.1 Å². The Labute approximate surface area is 180 Å². The molecule has 0 aliphatic carbocycles. The Morgan fingerprint density at radius 1 is 1.19 bits per heavy atom. The van der Waals surface area contributed by atoms with Gasteiger partial charge in [0.25, 0.3) is 11.5 Å². The van der Waals surface area contributed by atoms with Crippen LogP contribution in [-0.4, -0.2) is 45.5 Å². The van der Waals surface area contributed by atoms with Crippen LogP contribution in [0.25, 0.3) is 11.0 Å². The molecule has 1 amide bonds. The van der Waals surface area contributed by atoms with Crippen molar-refractivity contribution in [1.82, 2.24) is 19.4 Å². The number of aromatic nitrogens is 3. The Morgan fingerprint density at radius 3 is 2.68 bits per heavy atom. The molecule has 8 nitrogen and oxygen atoms in total. The van der Waals surface area contributed by atoms with Crippen molar-refractivity contribution in [2.45, 2.75) is 39.3 Å². The number of nitrogens with zero attached hydrogens (tertiary/aromatic N) is 4. The highest BCUT2D eigenvalue weighted by atomic mass is 16.2. The maximum Gasteiger partial charge on any atom is 0.329 e. The zero-order valence-electron chi connectivity index (χ0n) is 17.9. The second-order valence-electron chi connectivity index (χ2n) is 7.99. The average molecular weight is 422 g/mol. The van der Waals surface area contributed by atoms with Crippen LogP contribution in [0, 0.1) is 0 Å². The van der Waals surface area contributed by atoms with Crippen molar-refractivity contribution in [3.05, 3.63) is 68.5 Å². The number of carbonyl (C=O) groups excluding carboxylic acids is 1. The van der Waals surface area contributed by atoms with E-state index in [0.29, 0.717) is 24.3 Å². The quantitative estimate of drug-likeness (QED) is 0.660. The van der Waals surface area contributed by atoms with Crippen LogP contribution in [-0.2, 0) is 13.1 Å². The van der Waals surface area contributed by atoms with Gasteiger partial charge in [0.05, 0.1) is 10.9 Å². The maximum absolute atomic E-state index is 13.1. The van der Waals surface area contributed by atoms with Crippen LogP contribution in [0.15, 0.2) is 46.1 Å². The molecule has 0 unspecified atom stereocenters. The summed E-state index contributed by atoms with van der Waals surface area (Å²) in [6, 6.07) is 9.68. The van der Waals surface area contributed by atoms with Gasteiger partial charge in [-0.2, -0.15) is 0 Å². The largest absolute Gasteiger partial charge is 0.371 e. The van der Waals surface area contributed by atoms with E-state index in [1.807, 2.05) is 25.1 Å². The molecule has 1 aliphatic rings. The van der Waals surface area contributed by atoms with Crippen LogP contribution in [0.3, 0.4) is 0 Å². The van der Waals surface area contributed by atoms with E-state index >= 15 is 0 Å². The van der Waals surface area contributed by atoms with Crippen LogP contribution >= 0.6 is 0 Å². The summed E-state index contributed by atoms with van der Waals surface area (Å²) < 4.78 is 1.43. The van der Waals surface area contributed by atoms with Crippen LogP contribution in [0.1, 0.15) is 42.1 Å². The first-order chi connectivity index (χ1) is 15.0. The summed E-state index contributed by atoms with van der Waals surface area (Å²) in [4.78, 5) is 48.2. The van der Waals surface area contributed by atoms with Gasteiger partial charge >= 0.3 is 5.69 Å². The minimum absolute atomic E-state index is 0.224. The molecule has 1 fully saturated rings. The third-order valence-corrected chi connectivity index (χ3v) is 5.72. The van der Waals surface area contributed by atoms with Crippen LogP contribution in [0.2, 0.25) is 0 Å². The Hall–Kier alpha value is -3.42. The number of rotatable bonds is 6. The number of anilines is 1. The van der Waals surface area contributed by atoms with E-state index in [1.165, 1.54) is 29.7 Å². The zero-order valence-corrected chi connectivity index (χ0v) is 17.9. The molecule has 0 atom stereocenters. The number of hydrogen-bond donors (Lipinski definition) is 1. The Kier molecular flexibility index (Phi) is 5.88. The lowest BCUT2D eigenvalue weighted by atomic mass is 10.1. The van der Waals surface area contributed by atoms with Crippen molar-refractivity contribution in [3.8, 4) is 0 Å². The predicted molar refractivity (Wildman–Crippen MR) is 121 cm³/mol. The van der Waals surface area contributed by atoms with Crippen molar-refractivity contribution >= 4 is 22.6 Å². The molecule has 3 heterocycles. The number of aryl methyl sites for hydroxylation is 1. The van der Waals surface area contributed by atoms with Gasteiger partial charge in [0.1, 0.15) is 5.65 Å². The van der Waals surface area contributed by atoms with Gasteiger partial charge in [-0.05, 0) is 37.0 Å². The summed E-state index contributed by atoms with van der Waals surface area (Å²) in [6.45, 7) is 4.90. The molecule has 162 valence electrons. The van der Waals surface area contributed by atoms with Gasteiger partial charge in [-0.1, -0.05) is 25.1 Å². The van der Waals surface area contributed by atoms with Crippen molar-refractivity contribution in [2.24, 2.45) is 0 Å². The SMILES string of the molecule is CCCn1c(=O)[nH]c(=O)c2cc(C(=O)N(C)Cc3ccccc3N3CCCC3)cnc21. The monoisotopic (exact) mass is 421 g/mol. The van der Waals surface area contributed by atoms with E-state index in [-0.39, 0.29) is 11.3 Å². The number of carbonyl (C=O) groups is 1. The van der Waals surface area contributed by atoms with Gasteiger partial charge in [0.2, 0.25) is 0 Å². The topological polar surface area (TPSA) is 91.3 Å².